The van der Waals surface area contributed by atoms with Crippen LogP contribution in [0.2, 0.25) is 0 Å². The number of nitrogens with zero attached hydrogens (tertiary/aromatic N) is 1. The zero-order valence-electron chi connectivity index (χ0n) is 26.0. The van der Waals surface area contributed by atoms with E-state index in [1.54, 1.807) is 38.4 Å². The summed E-state index contributed by atoms with van der Waals surface area (Å²) in [4.78, 5) is 39.5. The highest BCUT2D eigenvalue weighted by atomic mass is 32.2. The third-order valence-corrected chi connectivity index (χ3v) is 10.5. The summed E-state index contributed by atoms with van der Waals surface area (Å²) in [6.45, 7) is 0. The van der Waals surface area contributed by atoms with Gasteiger partial charge in [-0.15, -0.1) is 0 Å². The molecule has 2 saturated carbocycles. The van der Waals surface area contributed by atoms with Crippen LogP contribution in [-0.4, -0.2) is 69.0 Å². The number of sulfone groups is 1. The smallest absolute Gasteiger partial charge is 0.496 e. The van der Waals surface area contributed by atoms with Crippen LogP contribution in [-0.2, 0) is 19.4 Å². The van der Waals surface area contributed by atoms with E-state index in [2.05, 4.69) is 10.6 Å². The Morgan fingerprint density at radius 1 is 1.00 bits per heavy atom. The number of alkyl halides is 3. The predicted octanol–water partition coefficient (Wildman–Crippen LogP) is 5.27. The first kappa shape index (κ1) is 34.8. The first-order chi connectivity index (χ1) is 22.5. The molecule has 0 radical (unpaired) electrons. The number of hydrogen-bond acceptors (Lipinski definition) is 7. The quantitative estimate of drug-likeness (QED) is 0.245. The van der Waals surface area contributed by atoms with Gasteiger partial charge in [0.1, 0.15) is 17.6 Å². The molecule has 3 N–H and O–H groups in total. The standard InChI is InChI=1S/C33H33F4N3O7S/c1-40(2)29(32(43)44)18-9-7-17(8-10-18)23-15-24(26(47-3)16-25(23)34)30(41)39-28-20-12-11-19(13-20)27(28)31(42)38-21-5-4-6-22(14-21)48(45,46)33(35,36)37/h4-10,14-16,19-20,27-29H,11-13H2,1-3H3,(H,38,42)(H,39,41)(H,43,44)/t19-,20+,27+,28-,29+/m1/s1. The molecule has 3 aromatic carbocycles. The van der Waals surface area contributed by atoms with Gasteiger partial charge in [-0.25, -0.2) is 12.8 Å². The Morgan fingerprint density at radius 2 is 1.67 bits per heavy atom. The van der Waals surface area contributed by atoms with Crippen molar-refractivity contribution in [1.82, 2.24) is 10.2 Å². The van der Waals surface area contributed by atoms with Crippen LogP contribution in [0.3, 0.4) is 0 Å². The van der Waals surface area contributed by atoms with Gasteiger partial charge < -0.3 is 20.5 Å². The van der Waals surface area contributed by atoms with Gasteiger partial charge in [-0.2, -0.15) is 13.2 Å². The minimum Gasteiger partial charge on any atom is -0.496 e. The number of fused-ring (bicyclic) bond motifs is 2. The zero-order valence-corrected chi connectivity index (χ0v) is 26.9. The second-order valence-corrected chi connectivity index (χ2v) is 14.1. The second-order valence-electron chi connectivity index (χ2n) is 12.2. The van der Waals surface area contributed by atoms with Crippen molar-refractivity contribution in [2.45, 2.75) is 41.7 Å². The summed E-state index contributed by atoms with van der Waals surface area (Å²) < 4.78 is 83.7. The normalized spacial score (nSPS) is 21.2. The fourth-order valence-corrected chi connectivity index (χ4v) is 7.64. The Balaban J connectivity index is 1.39. The molecule has 0 aromatic heterocycles. The summed E-state index contributed by atoms with van der Waals surface area (Å²) in [7, 11) is -1.13. The maximum absolute atomic E-state index is 15.3. The SMILES string of the molecule is COc1cc(F)c(-c2ccc([C@@H](C(=O)O)N(C)C)cc2)cc1C(=O)N[C@@H]1[C@H]2CC[C@H](C2)[C@@H]1C(=O)Nc1cccc(S(=O)(=O)C(F)(F)F)c1. The van der Waals surface area contributed by atoms with Gasteiger partial charge >= 0.3 is 11.5 Å². The van der Waals surface area contributed by atoms with Gasteiger partial charge in [-0.1, -0.05) is 30.3 Å². The predicted molar refractivity (Wildman–Crippen MR) is 166 cm³/mol. The number of ether oxygens (including phenoxy) is 1. The number of amides is 2. The maximum atomic E-state index is 15.3. The minimum atomic E-state index is -5.64. The van der Waals surface area contributed by atoms with Gasteiger partial charge in [0.25, 0.3) is 15.7 Å². The highest BCUT2D eigenvalue weighted by Gasteiger charge is 2.52. The lowest BCUT2D eigenvalue weighted by Crippen LogP contribution is -2.48. The number of carbonyl (C=O) groups is 3. The first-order valence-electron chi connectivity index (χ1n) is 14.9. The molecule has 2 amide bonds. The maximum Gasteiger partial charge on any atom is 0.501 e. The van der Waals surface area contributed by atoms with Crippen LogP contribution in [0.25, 0.3) is 11.1 Å². The number of nitrogens with one attached hydrogen (secondary N) is 2. The molecule has 2 aliphatic rings. The summed E-state index contributed by atoms with van der Waals surface area (Å²) >= 11 is 0. The number of carbonyl (C=O) groups excluding carboxylic acids is 2. The zero-order chi connectivity index (χ0) is 35.1. The third-order valence-electron chi connectivity index (χ3n) is 9.06. The van der Waals surface area contributed by atoms with Crippen molar-refractivity contribution in [3.63, 3.8) is 0 Å². The molecule has 10 nitrogen and oxygen atoms in total. The van der Waals surface area contributed by atoms with Crippen LogP contribution in [0.5, 0.6) is 5.75 Å². The van der Waals surface area contributed by atoms with Crippen molar-refractivity contribution in [3.8, 4) is 16.9 Å². The fourth-order valence-electron chi connectivity index (χ4n) is 6.83. The highest BCUT2D eigenvalue weighted by Crippen LogP contribution is 2.49. The Labute approximate surface area is 274 Å². The summed E-state index contributed by atoms with van der Waals surface area (Å²) in [5, 5.41) is 15.0. The number of methoxy groups -OCH3 is 1. The Kier molecular flexibility index (Phi) is 9.57. The van der Waals surface area contributed by atoms with Crippen LogP contribution in [0, 0.1) is 23.6 Å². The molecule has 0 saturated heterocycles. The summed E-state index contributed by atoms with van der Waals surface area (Å²) in [6.07, 6.45) is 2.03. The number of rotatable bonds is 10. The van der Waals surface area contributed by atoms with Crippen LogP contribution in [0.4, 0.5) is 23.2 Å². The van der Waals surface area contributed by atoms with E-state index < -0.39 is 61.8 Å². The first-order valence-corrected chi connectivity index (χ1v) is 16.4. The molecule has 0 spiro atoms. The molecule has 3 aromatic rings. The molecule has 256 valence electrons. The molecule has 0 aliphatic heterocycles. The van der Waals surface area contributed by atoms with Crippen molar-refractivity contribution in [2.75, 3.05) is 26.5 Å². The van der Waals surface area contributed by atoms with E-state index in [4.69, 9.17) is 4.74 Å². The molecule has 0 heterocycles. The van der Waals surface area contributed by atoms with Crippen molar-refractivity contribution in [2.24, 2.45) is 17.8 Å². The van der Waals surface area contributed by atoms with Crippen molar-refractivity contribution < 1.29 is 50.2 Å². The summed E-state index contributed by atoms with van der Waals surface area (Å²) in [5.74, 6) is -4.02. The van der Waals surface area contributed by atoms with E-state index in [9.17, 15) is 41.1 Å². The molecule has 5 atom stereocenters. The van der Waals surface area contributed by atoms with Gasteiger partial charge in [-0.05, 0) is 80.6 Å². The van der Waals surface area contributed by atoms with Gasteiger partial charge in [-0.3, -0.25) is 19.3 Å². The fraction of sp³-hybridized carbons (Fsp3) is 0.364. The number of halogens is 4. The number of aliphatic carboxylic acids is 1. The Hall–Kier alpha value is -4.50. The van der Waals surface area contributed by atoms with E-state index in [-0.39, 0.29) is 34.4 Å². The average molecular weight is 692 g/mol. The summed E-state index contributed by atoms with van der Waals surface area (Å²) in [5.41, 5.74) is -4.77. The van der Waals surface area contributed by atoms with Crippen molar-refractivity contribution in [1.29, 1.82) is 0 Å². The van der Waals surface area contributed by atoms with Crippen molar-refractivity contribution in [3.05, 3.63) is 77.6 Å². The molecule has 2 bridgehead atoms. The molecule has 5 rings (SSSR count). The molecular weight excluding hydrogens is 658 g/mol. The lowest BCUT2D eigenvalue weighted by molar-refractivity contribution is -0.142. The van der Waals surface area contributed by atoms with Crippen molar-refractivity contribution >= 4 is 33.3 Å². The summed E-state index contributed by atoms with van der Waals surface area (Å²) in [6, 6.07) is 10.9. The molecule has 0 unspecified atom stereocenters. The van der Waals surface area contributed by atoms with Crippen LogP contribution in [0.15, 0.2) is 65.6 Å². The average Bonchev–Trinajstić information content (AvgIpc) is 3.62. The monoisotopic (exact) mass is 691 g/mol. The van der Waals surface area contributed by atoms with E-state index >= 15 is 4.39 Å². The van der Waals surface area contributed by atoms with E-state index in [0.717, 1.165) is 30.7 Å². The number of benzene rings is 3. The number of carboxylic acids is 1. The van der Waals surface area contributed by atoms with Gasteiger partial charge in [0, 0.05) is 23.4 Å². The molecule has 2 fully saturated rings. The van der Waals surface area contributed by atoms with Gasteiger partial charge in [0.15, 0.2) is 0 Å². The lowest BCUT2D eigenvalue weighted by Gasteiger charge is -2.31. The molecular formula is C33H33F4N3O7S. The van der Waals surface area contributed by atoms with E-state index in [1.165, 1.54) is 24.1 Å². The van der Waals surface area contributed by atoms with E-state index in [0.29, 0.717) is 24.0 Å². The number of hydrogen-bond donors (Lipinski definition) is 3. The van der Waals surface area contributed by atoms with E-state index in [1.807, 2.05) is 0 Å². The third kappa shape index (κ3) is 6.61. The molecule has 15 heteroatoms. The van der Waals surface area contributed by atoms with Crippen LogP contribution >= 0.6 is 0 Å². The Bertz CT molecular complexity index is 1850. The van der Waals surface area contributed by atoms with Crippen LogP contribution < -0.4 is 15.4 Å². The second kappa shape index (κ2) is 13.2. The molecule has 2 aliphatic carbocycles. The highest BCUT2D eigenvalue weighted by molar-refractivity contribution is 7.92. The van der Waals surface area contributed by atoms with Gasteiger partial charge in [0.05, 0.1) is 23.5 Å². The van der Waals surface area contributed by atoms with Gasteiger partial charge in [0.2, 0.25) is 5.91 Å². The topological polar surface area (TPSA) is 142 Å². The van der Waals surface area contributed by atoms with Crippen LogP contribution in [0.1, 0.15) is 41.2 Å². The largest absolute Gasteiger partial charge is 0.501 e. The lowest BCUT2D eigenvalue weighted by atomic mass is 9.83. The molecule has 48 heavy (non-hydrogen) atoms. The number of likely N-dealkylation sites (N-methyl/N-ethyl adjacent to an activating group) is 1. The Morgan fingerprint density at radius 3 is 2.27 bits per heavy atom. The minimum absolute atomic E-state index is 0.0123. The number of anilines is 1. The number of carboxylic acid groups (broad SMARTS) is 1.